The van der Waals surface area contributed by atoms with Crippen molar-refractivity contribution in [3.8, 4) is 6.07 Å². The van der Waals surface area contributed by atoms with E-state index in [1.807, 2.05) is 6.07 Å². The zero-order valence-corrected chi connectivity index (χ0v) is 10.3. The summed E-state index contributed by atoms with van der Waals surface area (Å²) in [4.78, 5) is 11.2. The molecule has 90 valence electrons. The molecule has 0 aliphatic rings. The van der Waals surface area contributed by atoms with Gasteiger partial charge in [0, 0.05) is 4.90 Å². The molecule has 0 spiro atoms. The largest absolute Gasteiger partial charge is 0.480 e. The van der Waals surface area contributed by atoms with Crippen molar-refractivity contribution in [3.05, 3.63) is 29.6 Å². The molecule has 1 aromatic rings. The molecule has 0 aliphatic carbocycles. The van der Waals surface area contributed by atoms with Gasteiger partial charge in [0.15, 0.2) is 0 Å². The molecule has 0 fully saturated rings. The molecule has 1 aromatic carbocycles. The van der Waals surface area contributed by atoms with Gasteiger partial charge in [-0.1, -0.05) is 13.8 Å². The average molecular weight is 253 g/mol. The standard InChI is InChI=1S/C12H12FNO2S/c1-7(2)11(12(15)16)17-10-4-3-8(6-14)5-9(10)13/h3-5,7,11H,1-2H3,(H,15,16). The Morgan fingerprint density at radius 3 is 2.59 bits per heavy atom. The highest BCUT2D eigenvalue weighted by Gasteiger charge is 2.24. The van der Waals surface area contributed by atoms with E-state index in [-0.39, 0.29) is 16.4 Å². The van der Waals surface area contributed by atoms with E-state index in [9.17, 15) is 9.18 Å². The van der Waals surface area contributed by atoms with Gasteiger partial charge in [0.05, 0.1) is 11.6 Å². The highest BCUT2D eigenvalue weighted by atomic mass is 32.2. The van der Waals surface area contributed by atoms with Crippen LogP contribution in [0.4, 0.5) is 4.39 Å². The number of hydrogen-bond acceptors (Lipinski definition) is 3. The fourth-order valence-corrected chi connectivity index (χ4v) is 2.24. The molecular weight excluding hydrogens is 241 g/mol. The van der Waals surface area contributed by atoms with Gasteiger partial charge in [-0.2, -0.15) is 5.26 Å². The average Bonchev–Trinajstić information content (AvgIpc) is 2.26. The molecule has 3 nitrogen and oxygen atoms in total. The number of nitrogens with zero attached hydrogens (tertiary/aromatic N) is 1. The number of halogens is 1. The quantitative estimate of drug-likeness (QED) is 0.838. The number of thioether (sulfide) groups is 1. The van der Waals surface area contributed by atoms with Gasteiger partial charge in [-0.3, -0.25) is 4.79 Å². The molecule has 0 amide bonds. The van der Waals surface area contributed by atoms with E-state index in [4.69, 9.17) is 10.4 Å². The van der Waals surface area contributed by atoms with Gasteiger partial charge >= 0.3 is 5.97 Å². The van der Waals surface area contributed by atoms with E-state index in [1.54, 1.807) is 13.8 Å². The number of hydrogen-bond donors (Lipinski definition) is 1. The van der Waals surface area contributed by atoms with Crippen molar-refractivity contribution in [3.63, 3.8) is 0 Å². The second kappa shape index (κ2) is 5.69. The number of rotatable bonds is 4. The number of carboxylic acids is 1. The lowest BCUT2D eigenvalue weighted by atomic mass is 10.1. The van der Waals surface area contributed by atoms with Crippen molar-refractivity contribution in [1.29, 1.82) is 5.26 Å². The normalized spacial score (nSPS) is 12.2. The van der Waals surface area contributed by atoms with Gasteiger partial charge in [-0.05, 0) is 24.1 Å². The predicted octanol–water partition coefficient (Wildman–Crippen LogP) is 2.90. The lowest BCUT2D eigenvalue weighted by Gasteiger charge is -2.15. The third-order valence-corrected chi connectivity index (χ3v) is 3.75. The molecule has 1 atom stereocenters. The molecule has 0 saturated heterocycles. The first-order valence-corrected chi connectivity index (χ1v) is 5.92. The Morgan fingerprint density at radius 2 is 2.18 bits per heavy atom. The summed E-state index contributed by atoms with van der Waals surface area (Å²) in [5.74, 6) is -1.62. The van der Waals surface area contributed by atoms with Crippen LogP contribution in [-0.4, -0.2) is 16.3 Å². The summed E-state index contributed by atoms with van der Waals surface area (Å²) in [6, 6.07) is 5.86. The van der Waals surface area contributed by atoms with Crippen LogP contribution in [0.15, 0.2) is 23.1 Å². The second-order valence-electron chi connectivity index (χ2n) is 3.88. The number of aliphatic carboxylic acids is 1. The predicted molar refractivity (Wildman–Crippen MR) is 63.2 cm³/mol. The van der Waals surface area contributed by atoms with Crippen molar-refractivity contribution in [1.82, 2.24) is 0 Å². The minimum absolute atomic E-state index is 0.104. The van der Waals surface area contributed by atoms with E-state index in [1.165, 1.54) is 12.1 Å². The van der Waals surface area contributed by atoms with Crippen LogP contribution >= 0.6 is 11.8 Å². The van der Waals surface area contributed by atoms with Gasteiger partial charge in [-0.15, -0.1) is 11.8 Å². The maximum Gasteiger partial charge on any atom is 0.317 e. The summed E-state index contributed by atoms with van der Waals surface area (Å²) in [5, 5.41) is 16.9. The monoisotopic (exact) mass is 253 g/mol. The van der Waals surface area contributed by atoms with E-state index < -0.39 is 17.0 Å². The Kier molecular flexibility index (Phi) is 4.53. The van der Waals surface area contributed by atoms with Crippen molar-refractivity contribution in [2.45, 2.75) is 24.0 Å². The molecule has 1 rings (SSSR count). The highest BCUT2D eigenvalue weighted by molar-refractivity contribution is 8.00. The zero-order valence-electron chi connectivity index (χ0n) is 9.48. The Balaban J connectivity index is 2.95. The van der Waals surface area contributed by atoms with Crippen molar-refractivity contribution in [2.75, 3.05) is 0 Å². The van der Waals surface area contributed by atoms with Crippen LogP contribution in [0, 0.1) is 23.1 Å². The fourth-order valence-electron chi connectivity index (χ4n) is 1.27. The summed E-state index contributed by atoms with van der Waals surface area (Å²) in [6.45, 7) is 3.54. The molecule has 0 bridgehead atoms. The third kappa shape index (κ3) is 3.46. The van der Waals surface area contributed by atoms with Gasteiger partial charge in [-0.25, -0.2) is 4.39 Å². The van der Waals surface area contributed by atoms with Crippen molar-refractivity contribution in [2.24, 2.45) is 5.92 Å². The molecule has 0 heterocycles. The minimum atomic E-state index is -0.964. The maximum atomic E-state index is 13.6. The second-order valence-corrected chi connectivity index (χ2v) is 5.06. The van der Waals surface area contributed by atoms with E-state index in [2.05, 4.69) is 0 Å². The molecule has 0 radical (unpaired) electrons. The minimum Gasteiger partial charge on any atom is -0.480 e. The van der Waals surface area contributed by atoms with Gasteiger partial charge in [0.2, 0.25) is 0 Å². The molecule has 1 unspecified atom stereocenters. The van der Waals surface area contributed by atoms with E-state index in [0.717, 1.165) is 17.8 Å². The third-order valence-electron chi connectivity index (χ3n) is 2.16. The van der Waals surface area contributed by atoms with Crippen LogP contribution in [-0.2, 0) is 4.79 Å². The first-order valence-electron chi connectivity index (χ1n) is 5.04. The van der Waals surface area contributed by atoms with Gasteiger partial charge < -0.3 is 5.11 Å². The van der Waals surface area contributed by atoms with E-state index >= 15 is 0 Å². The first-order chi connectivity index (χ1) is 7.95. The van der Waals surface area contributed by atoms with Crippen LogP contribution in [0.2, 0.25) is 0 Å². The Labute approximate surface area is 103 Å². The van der Waals surface area contributed by atoms with Crippen molar-refractivity contribution >= 4 is 17.7 Å². The molecule has 0 aliphatic heterocycles. The van der Waals surface area contributed by atoms with Crippen LogP contribution in [0.3, 0.4) is 0 Å². The SMILES string of the molecule is CC(C)C(Sc1ccc(C#N)cc1F)C(=O)O. The van der Waals surface area contributed by atoms with Gasteiger partial charge in [0.1, 0.15) is 11.1 Å². The molecule has 5 heteroatoms. The van der Waals surface area contributed by atoms with Crippen LogP contribution < -0.4 is 0 Å². The van der Waals surface area contributed by atoms with Crippen LogP contribution in [0.25, 0.3) is 0 Å². The smallest absolute Gasteiger partial charge is 0.317 e. The molecule has 0 aromatic heterocycles. The Bertz CT molecular complexity index is 468. The summed E-state index contributed by atoms with van der Waals surface area (Å²) >= 11 is 0.967. The topological polar surface area (TPSA) is 61.1 Å². The molecule has 1 N–H and O–H groups in total. The summed E-state index contributed by atoms with van der Waals surface area (Å²) in [7, 11) is 0. The first kappa shape index (κ1) is 13.5. The highest BCUT2D eigenvalue weighted by Crippen LogP contribution is 2.30. The van der Waals surface area contributed by atoms with Gasteiger partial charge in [0.25, 0.3) is 0 Å². The number of carboxylic acid groups (broad SMARTS) is 1. The summed E-state index contributed by atoms with van der Waals surface area (Å²) in [6.07, 6.45) is 0. The Hall–Kier alpha value is -1.54. The van der Waals surface area contributed by atoms with E-state index in [0.29, 0.717) is 0 Å². The Morgan fingerprint density at radius 1 is 1.53 bits per heavy atom. The lowest BCUT2D eigenvalue weighted by Crippen LogP contribution is -2.22. The maximum absolute atomic E-state index is 13.6. The summed E-state index contributed by atoms with van der Waals surface area (Å²) < 4.78 is 13.6. The lowest BCUT2D eigenvalue weighted by molar-refractivity contribution is -0.137. The fraction of sp³-hybridized carbons (Fsp3) is 0.333. The number of nitriles is 1. The molecule has 17 heavy (non-hydrogen) atoms. The zero-order chi connectivity index (χ0) is 13.0. The summed E-state index contributed by atoms with van der Waals surface area (Å²) in [5.41, 5.74) is 0.225. The number of benzene rings is 1. The van der Waals surface area contributed by atoms with Crippen LogP contribution in [0.5, 0.6) is 0 Å². The van der Waals surface area contributed by atoms with Crippen molar-refractivity contribution < 1.29 is 14.3 Å². The molecular formula is C12H12FNO2S. The molecule has 0 saturated carbocycles. The number of carbonyl (C=O) groups is 1. The van der Waals surface area contributed by atoms with Crippen LogP contribution in [0.1, 0.15) is 19.4 Å².